The molecule has 0 bridgehead atoms. The molecular weight excluding hydrogens is 709 g/mol. The van der Waals surface area contributed by atoms with E-state index in [1.165, 1.54) is 25.0 Å². The molecule has 0 saturated heterocycles. The Morgan fingerprint density at radius 3 is 2.08 bits per heavy atom. The largest absolute Gasteiger partial charge is 2.00 e. The molecule has 0 spiro atoms. The Labute approximate surface area is 241 Å². The van der Waals surface area contributed by atoms with Crippen LogP contribution < -0.4 is 10.1 Å². The summed E-state index contributed by atoms with van der Waals surface area (Å²) in [5.41, 5.74) is 1.97. The van der Waals surface area contributed by atoms with Gasteiger partial charge in [0.1, 0.15) is 11.8 Å². The third-order valence-electron chi connectivity index (χ3n) is 4.36. The zero-order valence-electron chi connectivity index (χ0n) is 22.0. The van der Waals surface area contributed by atoms with Crippen LogP contribution >= 0.6 is 0 Å². The summed E-state index contributed by atoms with van der Waals surface area (Å²) in [6.45, 7) is 13.6. The number of amides is 1. The van der Waals surface area contributed by atoms with Crippen LogP contribution in [0.1, 0.15) is 51.3 Å². The summed E-state index contributed by atoms with van der Waals surface area (Å²) < 4.78 is 42.2. The predicted molar refractivity (Wildman–Crippen MR) is 134 cm³/mol. The standard InChI is InChI=1S/C12H15O2.C9H12F3NO2.C7H7.U/c1-4-11-6-5-9(2)12(7-11)14-10(3)8-13;1-5(2)8(15)13-7(4-6(3)14)9(10,11)12;1-7-5-3-2-4-6-7;/h5-8,10H,2,4H2,1,3H3;4-5H,1-3H3,(H,13,15);3-6H,1H3;/q-1;;-1;+2/b;7-4-;;. The van der Waals surface area contributed by atoms with Crippen molar-refractivity contribution >= 4 is 18.0 Å². The van der Waals surface area contributed by atoms with Crippen LogP contribution in [-0.2, 0) is 20.8 Å². The maximum atomic E-state index is 12.3. The molecule has 0 saturated carbocycles. The first kappa shape index (κ1) is 36.7. The van der Waals surface area contributed by atoms with E-state index in [0.29, 0.717) is 11.8 Å². The fourth-order valence-corrected chi connectivity index (χ4v) is 2.30. The normalized spacial score (nSPS) is 11.5. The number of rotatable bonds is 7. The molecule has 2 aromatic carbocycles. The van der Waals surface area contributed by atoms with Gasteiger partial charge in [-0.2, -0.15) is 67.6 Å². The molecule has 5 nitrogen and oxygen atoms in total. The van der Waals surface area contributed by atoms with E-state index < -0.39 is 35.6 Å². The van der Waals surface area contributed by atoms with E-state index in [1.54, 1.807) is 12.2 Å². The van der Waals surface area contributed by atoms with Gasteiger partial charge in [0.15, 0.2) is 12.1 Å². The number of aryl methyl sites for hydroxylation is 2. The molecule has 0 aromatic heterocycles. The second-order valence-electron chi connectivity index (χ2n) is 8.14. The van der Waals surface area contributed by atoms with Crippen LogP contribution in [0.5, 0.6) is 5.75 Å². The van der Waals surface area contributed by atoms with Crippen LogP contribution in [-0.4, -0.2) is 30.3 Å². The third kappa shape index (κ3) is 16.8. The van der Waals surface area contributed by atoms with Gasteiger partial charge in [0.2, 0.25) is 5.91 Å². The summed E-state index contributed by atoms with van der Waals surface area (Å²) in [6.07, 6.45) is -3.05. The minimum Gasteiger partial charge on any atom is -0.541 e. The van der Waals surface area contributed by atoms with Crippen LogP contribution in [0.25, 0.3) is 0 Å². The first-order chi connectivity index (χ1) is 16.7. The number of ketones is 1. The molecule has 1 N–H and O–H groups in total. The number of carbonyl (C=O) groups excluding carboxylic acids is 3. The molecule has 9 heteroatoms. The first-order valence-electron chi connectivity index (χ1n) is 11.3. The fourth-order valence-electron chi connectivity index (χ4n) is 2.30. The maximum Gasteiger partial charge on any atom is 2.00 e. The van der Waals surface area contributed by atoms with Crippen LogP contribution in [0.15, 0.2) is 54.2 Å². The third-order valence-corrected chi connectivity index (χ3v) is 4.36. The van der Waals surface area contributed by atoms with Gasteiger partial charge in [0.25, 0.3) is 0 Å². The van der Waals surface area contributed by atoms with Crippen molar-refractivity contribution in [2.45, 2.75) is 60.2 Å². The summed E-state index contributed by atoms with van der Waals surface area (Å²) in [5.74, 6) is -1.43. The zero-order chi connectivity index (χ0) is 27.9. The molecule has 0 fully saturated rings. The monoisotopic (exact) mass is 743 g/mol. The number of alkyl halides is 3. The van der Waals surface area contributed by atoms with Crippen molar-refractivity contribution < 1.29 is 63.4 Å². The fraction of sp³-hybridized carbons (Fsp3) is 0.357. The molecule has 1 unspecified atom stereocenters. The van der Waals surface area contributed by atoms with Gasteiger partial charge >= 0.3 is 37.3 Å². The molecule has 200 valence electrons. The van der Waals surface area contributed by atoms with Gasteiger partial charge in [-0.05, 0) is 20.3 Å². The van der Waals surface area contributed by atoms with Gasteiger partial charge in [-0.3, -0.25) is 14.4 Å². The van der Waals surface area contributed by atoms with E-state index >= 15 is 0 Å². The number of nitrogens with one attached hydrogen (secondary N) is 1. The first-order valence-corrected chi connectivity index (χ1v) is 11.3. The van der Waals surface area contributed by atoms with Crippen molar-refractivity contribution in [1.29, 1.82) is 0 Å². The molecule has 0 aliphatic heterocycles. The number of ether oxygens (including phenoxy) is 1. The summed E-state index contributed by atoms with van der Waals surface area (Å²) in [7, 11) is 0. The minimum absolute atomic E-state index is 0. The Morgan fingerprint density at radius 2 is 1.70 bits per heavy atom. The SMILES string of the molecule is CC(=O)/C=C(\NC(=O)C(C)C)C(F)(F)F.Cc1cc[c-]cc1.[CH2-]c1ccc(CC)cc1OC(C)C=O.[U+2]. The predicted octanol–water partition coefficient (Wildman–Crippen LogP) is 5.99. The molecule has 2 aromatic rings. The molecular formula is C28H34F3NO4U. The Kier molecular flexibility index (Phi) is 18.5. The topological polar surface area (TPSA) is 72.5 Å². The molecule has 0 radical (unpaired) electrons. The zero-order valence-corrected chi connectivity index (χ0v) is 26.2. The van der Waals surface area contributed by atoms with Gasteiger partial charge in [0, 0.05) is 17.7 Å². The van der Waals surface area contributed by atoms with Gasteiger partial charge in [-0.25, -0.2) is 0 Å². The quantitative estimate of drug-likeness (QED) is 0.215. The van der Waals surface area contributed by atoms with E-state index in [2.05, 4.69) is 26.8 Å². The van der Waals surface area contributed by atoms with Crippen molar-refractivity contribution in [3.05, 3.63) is 83.9 Å². The second kappa shape index (κ2) is 18.7. The van der Waals surface area contributed by atoms with Crippen LogP contribution in [0.2, 0.25) is 0 Å². The average molecular weight is 744 g/mol. The van der Waals surface area contributed by atoms with E-state index in [4.69, 9.17) is 4.74 Å². The summed E-state index contributed by atoms with van der Waals surface area (Å²) in [5, 5.41) is 1.66. The van der Waals surface area contributed by atoms with Crippen molar-refractivity contribution in [3.63, 3.8) is 0 Å². The summed E-state index contributed by atoms with van der Waals surface area (Å²) >= 11 is 0. The van der Waals surface area contributed by atoms with Crippen molar-refractivity contribution in [2.24, 2.45) is 5.92 Å². The van der Waals surface area contributed by atoms with E-state index in [1.807, 2.05) is 42.5 Å². The smallest absolute Gasteiger partial charge is 0.541 e. The number of hydrogen-bond acceptors (Lipinski definition) is 4. The van der Waals surface area contributed by atoms with Gasteiger partial charge in [0.05, 0.1) is 0 Å². The molecule has 0 aliphatic rings. The summed E-state index contributed by atoms with van der Waals surface area (Å²) in [4.78, 5) is 32.0. The average Bonchev–Trinajstić information content (AvgIpc) is 2.80. The summed E-state index contributed by atoms with van der Waals surface area (Å²) in [6, 6.07) is 16.7. The Bertz CT molecular complexity index is 1010. The molecule has 0 aliphatic carbocycles. The Morgan fingerprint density at radius 1 is 1.14 bits per heavy atom. The van der Waals surface area contributed by atoms with Crippen molar-refractivity contribution in [3.8, 4) is 5.75 Å². The minimum atomic E-state index is -4.73. The maximum absolute atomic E-state index is 12.3. The number of benzene rings is 2. The molecule has 2 rings (SSSR count). The Hall–Kier alpha value is -2.50. The van der Waals surface area contributed by atoms with Crippen LogP contribution in [0.4, 0.5) is 13.2 Å². The van der Waals surface area contributed by atoms with Gasteiger partial charge < -0.3 is 10.1 Å². The van der Waals surface area contributed by atoms with E-state index in [0.717, 1.165) is 25.2 Å². The van der Waals surface area contributed by atoms with Crippen molar-refractivity contribution in [1.82, 2.24) is 5.32 Å². The number of carbonyl (C=O) groups is 3. The van der Waals surface area contributed by atoms with Gasteiger partial charge in [-0.1, -0.05) is 39.3 Å². The number of allylic oxidation sites excluding steroid dienone is 2. The molecule has 0 heterocycles. The number of hydrogen-bond donors (Lipinski definition) is 1. The van der Waals surface area contributed by atoms with Gasteiger partial charge in [-0.15, -0.1) is 6.07 Å². The number of aldehydes is 1. The second-order valence-corrected chi connectivity index (χ2v) is 8.14. The van der Waals surface area contributed by atoms with Crippen molar-refractivity contribution in [2.75, 3.05) is 0 Å². The molecule has 1 amide bonds. The van der Waals surface area contributed by atoms with E-state index in [9.17, 15) is 27.6 Å². The molecule has 1 atom stereocenters. The van der Waals surface area contributed by atoms with Crippen LogP contribution in [0.3, 0.4) is 0 Å². The Balaban J connectivity index is 0. The number of halogens is 3. The van der Waals surface area contributed by atoms with Crippen LogP contribution in [0, 0.1) is 56.9 Å². The molecule has 37 heavy (non-hydrogen) atoms. The van der Waals surface area contributed by atoms with E-state index in [-0.39, 0.29) is 31.1 Å².